The van der Waals surface area contributed by atoms with Crippen LogP contribution < -0.4 is 0 Å². The summed E-state index contributed by atoms with van der Waals surface area (Å²) in [5, 5.41) is 5.94. The fraction of sp³-hybridized carbons (Fsp3) is 0.381. The smallest absolute Gasteiger partial charge is 0.338 e. The van der Waals surface area contributed by atoms with Crippen LogP contribution in [0.2, 0.25) is 5.02 Å². The van der Waals surface area contributed by atoms with Gasteiger partial charge in [0.2, 0.25) is 0 Å². The summed E-state index contributed by atoms with van der Waals surface area (Å²) in [7, 11) is -1.77. The predicted molar refractivity (Wildman–Crippen MR) is 114 cm³/mol. The lowest BCUT2D eigenvalue weighted by molar-refractivity contribution is 0.0602. The molecule has 3 aromatic rings. The highest BCUT2D eigenvalue weighted by atomic mass is 35.5. The average Bonchev–Trinajstić information content (AvgIpc) is 3.42. The molecule has 30 heavy (non-hydrogen) atoms. The van der Waals surface area contributed by atoms with Crippen LogP contribution >= 0.6 is 11.6 Å². The monoisotopic (exact) mass is 445 g/mol. The molecule has 3 heterocycles. The number of hydrogen-bond acceptors (Lipinski definition) is 6. The van der Waals surface area contributed by atoms with Crippen molar-refractivity contribution in [3.63, 3.8) is 0 Å². The zero-order valence-electron chi connectivity index (χ0n) is 16.3. The quantitative estimate of drug-likeness (QED) is 0.567. The van der Waals surface area contributed by atoms with Crippen LogP contribution in [0.25, 0.3) is 22.3 Å². The molecule has 156 valence electrons. The fourth-order valence-electron chi connectivity index (χ4n) is 4.05. The van der Waals surface area contributed by atoms with Crippen molar-refractivity contribution in [1.29, 1.82) is 0 Å². The molecule has 1 saturated heterocycles. The van der Waals surface area contributed by atoms with Crippen LogP contribution in [-0.4, -0.2) is 47.8 Å². The highest BCUT2D eigenvalue weighted by molar-refractivity contribution is 7.91. The Labute approximate surface area is 178 Å². The van der Waals surface area contributed by atoms with Gasteiger partial charge in [-0.25, -0.2) is 22.9 Å². The fourth-order valence-corrected chi connectivity index (χ4v) is 5.87. The third-order valence-corrected chi connectivity index (χ3v) is 7.76. The first-order valence-electron chi connectivity index (χ1n) is 9.84. The summed E-state index contributed by atoms with van der Waals surface area (Å²) in [6.07, 6.45) is 2.52. The summed E-state index contributed by atoms with van der Waals surface area (Å²) in [5.74, 6) is -0.000605. The van der Waals surface area contributed by atoms with E-state index in [2.05, 4.69) is 0 Å². The summed E-state index contributed by atoms with van der Waals surface area (Å²) in [4.78, 5) is 17.5. The number of esters is 1. The number of ether oxygens (including phenoxy) is 1. The zero-order valence-corrected chi connectivity index (χ0v) is 17.9. The highest BCUT2D eigenvalue weighted by Crippen LogP contribution is 2.42. The van der Waals surface area contributed by atoms with E-state index in [-0.39, 0.29) is 17.5 Å². The number of halogens is 1. The van der Waals surface area contributed by atoms with Crippen molar-refractivity contribution in [1.82, 2.24) is 14.8 Å². The van der Waals surface area contributed by atoms with Crippen LogP contribution in [-0.2, 0) is 14.6 Å². The van der Waals surface area contributed by atoms with E-state index in [1.54, 1.807) is 22.9 Å². The first-order chi connectivity index (χ1) is 14.4. The molecule has 0 bridgehead atoms. The molecular weight excluding hydrogens is 426 g/mol. The van der Waals surface area contributed by atoms with Crippen LogP contribution in [0, 0.1) is 0 Å². The van der Waals surface area contributed by atoms with E-state index >= 15 is 0 Å². The second kappa shape index (κ2) is 7.06. The molecule has 0 amide bonds. The molecule has 0 N–H and O–H groups in total. The molecule has 1 aliphatic heterocycles. The Bertz CT molecular complexity index is 1260. The summed E-state index contributed by atoms with van der Waals surface area (Å²) >= 11 is 6.05. The molecule has 1 aliphatic carbocycles. The summed E-state index contributed by atoms with van der Waals surface area (Å²) in [6.45, 7) is 0. The Morgan fingerprint density at radius 2 is 1.93 bits per heavy atom. The van der Waals surface area contributed by atoms with Gasteiger partial charge in [-0.2, -0.15) is 5.10 Å². The summed E-state index contributed by atoms with van der Waals surface area (Å²) < 4.78 is 31.0. The lowest BCUT2D eigenvalue weighted by Gasteiger charge is -2.11. The van der Waals surface area contributed by atoms with E-state index in [0.717, 1.165) is 24.1 Å². The molecule has 1 unspecified atom stereocenters. The Hall–Kier alpha value is -2.45. The number of benzene rings is 1. The number of sulfone groups is 1. The Kier molecular flexibility index (Phi) is 4.59. The minimum atomic E-state index is -3.12. The molecule has 1 saturated carbocycles. The van der Waals surface area contributed by atoms with Crippen LogP contribution in [0.4, 0.5) is 0 Å². The summed E-state index contributed by atoms with van der Waals surface area (Å²) in [5.41, 5.74) is 3.11. The maximum Gasteiger partial charge on any atom is 0.338 e. The summed E-state index contributed by atoms with van der Waals surface area (Å²) in [6, 6.07) is 8.65. The van der Waals surface area contributed by atoms with E-state index in [4.69, 9.17) is 26.4 Å². The number of rotatable bonds is 4. The third-order valence-electron chi connectivity index (χ3n) is 5.75. The number of fused-ring (bicyclic) bond motifs is 1. The lowest BCUT2D eigenvalue weighted by atomic mass is 10.0. The average molecular weight is 446 g/mol. The number of pyridine rings is 1. The predicted octanol–water partition coefficient (Wildman–Crippen LogP) is 3.78. The van der Waals surface area contributed by atoms with Crippen molar-refractivity contribution in [3.8, 4) is 11.3 Å². The molecule has 7 nitrogen and oxygen atoms in total. The van der Waals surface area contributed by atoms with E-state index in [1.165, 1.54) is 7.11 Å². The largest absolute Gasteiger partial charge is 0.465 e. The number of carbonyl (C=O) groups excluding carboxylic acids is 1. The Morgan fingerprint density at radius 1 is 1.20 bits per heavy atom. The van der Waals surface area contributed by atoms with Crippen LogP contribution in [0.5, 0.6) is 0 Å². The maximum absolute atomic E-state index is 12.7. The lowest BCUT2D eigenvalue weighted by Crippen LogP contribution is -2.13. The molecule has 5 rings (SSSR count). The highest BCUT2D eigenvalue weighted by Gasteiger charge is 2.34. The molecule has 2 aliphatic rings. The Balaban J connectivity index is 1.80. The van der Waals surface area contributed by atoms with Gasteiger partial charge in [0.15, 0.2) is 15.5 Å². The van der Waals surface area contributed by atoms with Gasteiger partial charge in [-0.1, -0.05) is 23.7 Å². The normalized spacial score (nSPS) is 20.5. The molecule has 0 spiro atoms. The van der Waals surface area contributed by atoms with Crippen molar-refractivity contribution in [2.45, 2.75) is 31.2 Å². The van der Waals surface area contributed by atoms with E-state index in [1.807, 2.05) is 12.1 Å². The first-order valence-corrected chi connectivity index (χ1v) is 12.0. The minimum absolute atomic E-state index is 0.0206. The second-order valence-corrected chi connectivity index (χ2v) is 10.6. The minimum Gasteiger partial charge on any atom is -0.465 e. The Morgan fingerprint density at radius 3 is 2.53 bits per heavy atom. The van der Waals surface area contributed by atoms with Gasteiger partial charge in [0, 0.05) is 22.2 Å². The van der Waals surface area contributed by atoms with Gasteiger partial charge in [-0.3, -0.25) is 0 Å². The number of methoxy groups -OCH3 is 1. The maximum atomic E-state index is 12.7. The van der Waals surface area contributed by atoms with Gasteiger partial charge in [0.25, 0.3) is 0 Å². The van der Waals surface area contributed by atoms with Gasteiger partial charge in [0.05, 0.1) is 35.6 Å². The SMILES string of the molecule is COC(=O)c1cc(C2CC2)nc2c1c(-c1ccc(Cl)cc1)nn2C1CCS(=O)(=O)C1. The van der Waals surface area contributed by atoms with Gasteiger partial charge in [-0.15, -0.1) is 0 Å². The number of carbonyl (C=O) groups is 1. The van der Waals surface area contributed by atoms with Crippen LogP contribution in [0.15, 0.2) is 30.3 Å². The van der Waals surface area contributed by atoms with Crippen LogP contribution in [0.1, 0.15) is 47.3 Å². The van der Waals surface area contributed by atoms with Gasteiger partial charge >= 0.3 is 5.97 Å². The van der Waals surface area contributed by atoms with Crippen LogP contribution in [0.3, 0.4) is 0 Å². The second-order valence-electron chi connectivity index (χ2n) is 7.92. The van der Waals surface area contributed by atoms with Crippen molar-refractivity contribution in [3.05, 3.63) is 46.6 Å². The van der Waals surface area contributed by atoms with E-state index in [0.29, 0.717) is 39.7 Å². The molecule has 2 aromatic heterocycles. The van der Waals surface area contributed by atoms with Crippen molar-refractivity contribution >= 4 is 38.4 Å². The van der Waals surface area contributed by atoms with E-state index in [9.17, 15) is 13.2 Å². The molecule has 0 radical (unpaired) electrons. The van der Waals surface area contributed by atoms with E-state index < -0.39 is 15.8 Å². The topological polar surface area (TPSA) is 91.2 Å². The molecule has 2 fully saturated rings. The standard InChI is InChI=1S/C21H20ClN3O4S/c1-29-21(26)16-10-17(12-2-3-12)23-20-18(16)19(13-4-6-14(22)7-5-13)24-25(20)15-8-9-30(27,28)11-15/h4-7,10,12,15H,2-3,8-9,11H2,1H3. The number of nitrogens with zero attached hydrogens (tertiary/aromatic N) is 3. The third kappa shape index (κ3) is 3.37. The molecule has 1 aromatic carbocycles. The zero-order chi connectivity index (χ0) is 21.0. The number of hydrogen-bond donors (Lipinski definition) is 0. The van der Waals surface area contributed by atoms with Gasteiger partial charge in [0.1, 0.15) is 5.69 Å². The molecule has 9 heteroatoms. The van der Waals surface area contributed by atoms with Gasteiger partial charge in [-0.05, 0) is 37.5 Å². The number of aromatic nitrogens is 3. The first kappa shape index (κ1) is 19.5. The van der Waals surface area contributed by atoms with Crippen molar-refractivity contribution in [2.75, 3.05) is 18.6 Å². The van der Waals surface area contributed by atoms with Crippen molar-refractivity contribution in [2.24, 2.45) is 0 Å². The molecular formula is C21H20ClN3O4S. The van der Waals surface area contributed by atoms with Crippen molar-refractivity contribution < 1.29 is 17.9 Å². The van der Waals surface area contributed by atoms with Gasteiger partial charge < -0.3 is 4.74 Å². The molecule has 1 atom stereocenters.